The largest absolute Gasteiger partial charge is 0.414 e. The first kappa shape index (κ1) is 18.0. The minimum atomic E-state index is -0.457. The second kappa shape index (κ2) is 7.38. The number of benzene rings is 1. The van der Waals surface area contributed by atoms with Crippen molar-refractivity contribution in [2.24, 2.45) is 0 Å². The average Bonchev–Trinajstić information content (AvgIpc) is 3.45. The summed E-state index contributed by atoms with van der Waals surface area (Å²) in [6, 6.07) is 9.65. The van der Waals surface area contributed by atoms with Gasteiger partial charge in [-0.1, -0.05) is 24.3 Å². The third-order valence-corrected chi connectivity index (χ3v) is 5.23. The molecular weight excluding hydrogens is 370 g/mol. The van der Waals surface area contributed by atoms with Crippen LogP contribution in [0, 0.1) is 0 Å². The summed E-state index contributed by atoms with van der Waals surface area (Å²) in [6.45, 7) is 1.32. The molecule has 2 aromatic heterocycles. The monoisotopic (exact) mass is 391 g/mol. The molecule has 0 atom stereocenters. The Morgan fingerprint density at radius 1 is 1.03 bits per heavy atom. The fourth-order valence-corrected chi connectivity index (χ4v) is 3.69. The van der Waals surface area contributed by atoms with Crippen molar-refractivity contribution in [2.75, 3.05) is 25.6 Å². The third kappa shape index (κ3) is 3.41. The summed E-state index contributed by atoms with van der Waals surface area (Å²) in [4.78, 5) is 9.30. The van der Waals surface area contributed by atoms with E-state index in [2.05, 4.69) is 26.6 Å². The van der Waals surface area contributed by atoms with Gasteiger partial charge in [0.1, 0.15) is 0 Å². The van der Waals surface area contributed by atoms with Crippen molar-refractivity contribution < 1.29 is 13.9 Å². The van der Waals surface area contributed by atoms with Crippen molar-refractivity contribution in [1.82, 2.24) is 20.2 Å². The molecule has 3 heterocycles. The number of hydrogen-bond acceptors (Lipinski definition) is 8. The number of ether oxygens (including phenoxy) is 2. The molecule has 2 aliphatic rings. The maximum Gasteiger partial charge on any atom is 0.270 e. The van der Waals surface area contributed by atoms with Crippen molar-refractivity contribution >= 4 is 11.4 Å². The maximum atomic E-state index is 5.89. The second-order valence-corrected chi connectivity index (χ2v) is 7.02. The van der Waals surface area contributed by atoms with Crippen LogP contribution >= 0.6 is 0 Å². The molecule has 1 aliphatic carbocycles. The minimum absolute atomic E-state index is 0.331. The van der Waals surface area contributed by atoms with Crippen LogP contribution < -0.4 is 5.32 Å². The summed E-state index contributed by atoms with van der Waals surface area (Å²) in [5.74, 6) is 0.913. The minimum Gasteiger partial charge on any atom is -0.414 e. The van der Waals surface area contributed by atoms with Gasteiger partial charge in [0.05, 0.1) is 25.1 Å². The molecule has 148 valence electrons. The Kier molecular flexibility index (Phi) is 4.57. The van der Waals surface area contributed by atoms with Gasteiger partial charge in [-0.15, -0.1) is 10.2 Å². The lowest BCUT2D eigenvalue weighted by Crippen LogP contribution is -2.31. The van der Waals surface area contributed by atoms with Gasteiger partial charge in [-0.3, -0.25) is 0 Å². The average molecular weight is 391 g/mol. The fourth-order valence-electron chi connectivity index (χ4n) is 3.69. The molecule has 1 aromatic carbocycles. The first-order valence-electron chi connectivity index (χ1n) is 9.68. The van der Waals surface area contributed by atoms with Crippen LogP contribution in [0.2, 0.25) is 0 Å². The molecular formula is C21H21N5O3. The highest BCUT2D eigenvalue weighted by atomic mass is 16.7. The van der Waals surface area contributed by atoms with Gasteiger partial charge in [0.15, 0.2) is 17.3 Å². The van der Waals surface area contributed by atoms with Gasteiger partial charge in [-0.05, 0) is 24.1 Å². The van der Waals surface area contributed by atoms with E-state index in [1.807, 2.05) is 30.3 Å². The molecule has 5 rings (SSSR count). The van der Waals surface area contributed by atoms with E-state index in [1.165, 1.54) is 0 Å². The van der Waals surface area contributed by atoms with Gasteiger partial charge >= 0.3 is 0 Å². The van der Waals surface area contributed by atoms with E-state index >= 15 is 0 Å². The number of aromatic nitrogens is 4. The summed E-state index contributed by atoms with van der Waals surface area (Å²) >= 11 is 0. The Hall–Kier alpha value is -3.10. The molecule has 1 aliphatic heterocycles. The second-order valence-electron chi connectivity index (χ2n) is 7.02. The topological polar surface area (TPSA) is 95.2 Å². The van der Waals surface area contributed by atoms with E-state index in [0.717, 1.165) is 29.7 Å². The van der Waals surface area contributed by atoms with Crippen LogP contribution in [-0.2, 0) is 9.47 Å². The molecule has 8 nitrogen and oxygen atoms in total. The predicted octanol–water partition coefficient (Wildman–Crippen LogP) is 3.55. The molecule has 29 heavy (non-hydrogen) atoms. The van der Waals surface area contributed by atoms with Crippen LogP contribution in [0.15, 0.2) is 47.0 Å². The molecule has 1 fully saturated rings. The number of nitrogens with zero attached hydrogens (tertiary/aromatic N) is 4. The standard InChI is InChI=1S/C21H21N5O3/c1-22-18-17(20-26-25-19(29-20)15-5-3-2-4-6-15)24-16(13-23-18)14-7-9-21(10-8-14)27-11-12-28-21/h2-7,13H,8-12H2,1H3,(H,22,23). The van der Waals surface area contributed by atoms with E-state index in [1.54, 1.807) is 13.2 Å². The van der Waals surface area contributed by atoms with Gasteiger partial charge in [0.25, 0.3) is 5.89 Å². The molecule has 0 bridgehead atoms. The molecule has 1 N–H and O–H groups in total. The van der Waals surface area contributed by atoms with Gasteiger partial charge in [-0.2, -0.15) is 0 Å². The van der Waals surface area contributed by atoms with Crippen molar-refractivity contribution in [3.63, 3.8) is 0 Å². The van der Waals surface area contributed by atoms with Gasteiger partial charge < -0.3 is 19.2 Å². The molecule has 3 aromatic rings. The Morgan fingerprint density at radius 2 is 1.83 bits per heavy atom. The zero-order valence-corrected chi connectivity index (χ0v) is 16.1. The van der Waals surface area contributed by atoms with Crippen LogP contribution in [0.25, 0.3) is 28.6 Å². The van der Waals surface area contributed by atoms with E-state index in [-0.39, 0.29) is 0 Å². The summed E-state index contributed by atoms with van der Waals surface area (Å²) in [7, 11) is 1.79. The highest BCUT2D eigenvalue weighted by Crippen LogP contribution is 2.38. The lowest BCUT2D eigenvalue weighted by atomic mass is 9.92. The Labute approximate surface area is 168 Å². The maximum absolute atomic E-state index is 5.89. The van der Waals surface area contributed by atoms with Crippen LogP contribution in [-0.4, -0.2) is 46.2 Å². The zero-order chi connectivity index (χ0) is 19.7. The lowest BCUT2D eigenvalue weighted by molar-refractivity contribution is -0.159. The molecule has 0 amide bonds. The number of allylic oxidation sites excluding steroid dienone is 1. The summed E-state index contributed by atoms with van der Waals surface area (Å²) in [5.41, 5.74) is 3.31. The smallest absolute Gasteiger partial charge is 0.270 e. The highest BCUT2D eigenvalue weighted by molar-refractivity contribution is 5.70. The van der Waals surface area contributed by atoms with Crippen molar-refractivity contribution in [1.29, 1.82) is 0 Å². The number of anilines is 1. The van der Waals surface area contributed by atoms with Crippen LogP contribution in [0.5, 0.6) is 0 Å². The molecule has 8 heteroatoms. The first-order chi connectivity index (χ1) is 14.3. The first-order valence-corrected chi connectivity index (χ1v) is 9.68. The molecule has 1 saturated heterocycles. The van der Waals surface area contributed by atoms with E-state index in [4.69, 9.17) is 18.9 Å². The van der Waals surface area contributed by atoms with Gasteiger partial charge in [-0.25, -0.2) is 9.97 Å². The van der Waals surface area contributed by atoms with E-state index in [9.17, 15) is 0 Å². The van der Waals surface area contributed by atoms with Crippen molar-refractivity contribution in [3.05, 3.63) is 48.3 Å². The number of nitrogens with one attached hydrogen (secondary N) is 1. The normalized spacial score (nSPS) is 18.0. The summed E-state index contributed by atoms with van der Waals surface area (Å²) in [5, 5.41) is 11.4. The van der Waals surface area contributed by atoms with Crippen LogP contribution in [0.3, 0.4) is 0 Å². The molecule has 0 saturated carbocycles. The zero-order valence-electron chi connectivity index (χ0n) is 16.1. The van der Waals surface area contributed by atoms with E-state index in [0.29, 0.717) is 42.9 Å². The van der Waals surface area contributed by atoms with E-state index < -0.39 is 5.79 Å². The lowest BCUT2D eigenvalue weighted by Gasteiger charge is -2.30. The number of rotatable bonds is 4. The molecule has 0 unspecified atom stereocenters. The van der Waals surface area contributed by atoms with Gasteiger partial charge in [0.2, 0.25) is 5.89 Å². The summed E-state index contributed by atoms with van der Waals surface area (Å²) < 4.78 is 17.5. The highest BCUT2D eigenvalue weighted by Gasteiger charge is 2.38. The predicted molar refractivity (Wildman–Crippen MR) is 107 cm³/mol. The Bertz CT molecular complexity index is 1040. The SMILES string of the molecule is CNc1ncc(C2=CCC3(CC2)OCCO3)nc1-c1nnc(-c2ccccc2)o1. The molecule has 1 spiro atoms. The van der Waals surface area contributed by atoms with Crippen LogP contribution in [0.1, 0.15) is 25.0 Å². The molecule has 0 radical (unpaired) electrons. The summed E-state index contributed by atoms with van der Waals surface area (Å²) in [6.07, 6.45) is 6.23. The quantitative estimate of drug-likeness (QED) is 0.721. The Morgan fingerprint density at radius 3 is 2.55 bits per heavy atom. The van der Waals surface area contributed by atoms with Crippen LogP contribution in [0.4, 0.5) is 5.82 Å². The fraction of sp³-hybridized carbons (Fsp3) is 0.333. The van der Waals surface area contributed by atoms with Crippen molar-refractivity contribution in [2.45, 2.75) is 25.0 Å². The number of hydrogen-bond donors (Lipinski definition) is 1. The van der Waals surface area contributed by atoms with Gasteiger partial charge in [0, 0.05) is 25.5 Å². The Balaban J connectivity index is 1.46. The third-order valence-electron chi connectivity index (χ3n) is 5.23. The van der Waals surface area contributed by atoms with Crippen molar-refractivity contribution in [3.8, 4) is 23.0 Å².